The van der Waals surface area contributed by atoms with Crippen LogP contribution < -0.4 is 0 Å². The maximum Gasteiger partial charge on any atom is 0.0708 e. The Morgan fingerprint density at radius 3 is 2.89 bits per heavy atom. The summed E-state index contributed by atoms with van der Waals surface area (Å²) in [7, 11) is 0. The van der Waals surface area contributed by atoms with Gasteiger partial charge in [-0.25, -0.2) is 0 Å². The maximum absolute atomic E-state index is 4.40. The van der Waals surface area contributed by atoms with Crippen molar-refractivity contribution in [3.05, 3.63) is 60.9 Å². The van der Waals surface area contributed by atoms with Crippen LogP contribution in [0.15, 0.2) is 60.9 Å². The van der Waals surface area contributed by atoms with Crippen LogP contribution in [0.2, 0.25) is 0 Å². The molecule has 2 aromatic heterocycles. The second-order valence-corrected chi connectivity index (χ2v) is 4.55. The fraction of sp³-hybridized carbons (Fsp3) is 0. The van der Waals surface area contributed by atoms with Crippen molar-refractivity contribution in [2.45, 2.75) is 0 Å². The van der Waals surface area contributed by atoms with E-state index in [1.165, 1.54) is 16.5 Å². The van der Waals surface area contributed by atoms with Crippen molar-refractivity contribution in [3.8, 4) is 11.1 Å². The smallest absolute Gasteiger partial charge is 0.0708 e. The Morgan fingerprint density at radius 1 is 0.947 bits per heavy atom. The highest BCUT2D eigenvalue weighted by molar-refractivity contribution is 5.96. The lowest BCUT2D eigenvalue weighted by Crippen LogP contribution is -1.83. The Hall–Kier alpha value is -2.68. The van der Waals surface area contributed by atoms with Gasteiger partial charge in [-0.1, -0.05) is 24.3 Å². The zero-order chi connectivity index (χ0) is 12.7. The molecule has 0 aliphatic rings. The highest BCUT2D eigenvalue weighted by atomic mass is 15.1. The number of H-pyrrole nitrogens is 1. The zero-order valence-corrected chi connectivity index (χ0v) is 10.2. The molecule has 4 aromatic rings. The molecule has 3 nitrogen and oxygen atoms in total. The van der Waals surface area contributed by atoms with Crippen molar-refractivity contribution < 1.29 is 0 Å². The normalized spacial score (nSPS) is 11.2. The Bertz CT molecular complexity index is 872. The molecule has 0 amide bonds. The van der Waals surface area contributed by atoms with E-state index in [9.17, 15) is 0 Å². The second-order valence-electron chi connectivity index (χ2n) is 4.55. The molecular formula is C16H11N3. The largest absolute Gasteiger partial charge is 0.278 e. The fourth-order valence-electron chi connectivity index (χ4n) is 2.46. The van der Waals surface area contributed by atoms with E-state index in [1.54, 1.807) is 0 Å². The summed E-state index contributed by atoms with van der Waals surface area (Å²) < 4.78 is 0. The highest BCUT2D eigenvalue weighted by Crippen LogP contribution is 2.29. The molecule has 0 fully saturated rings. The molecule has 2 aromatic carbocycles. The Labute approximate surface area is 109 Å². The number of pyridine rings is 1. The van der Waals surface area contributed by atoms with Crippen molar-refractivity contribution >= 4 is 21.8 Å². The number of fused-ring (bicyclic) bond motifs is 2. The number of hydrogen-bond acceptors (Lipinski definition) is 2. The van der Waals surface area contributed by atoms with Crippen LogP contribution in [0.4, 0.5) is 0 Å². The lowest BCUT2D eigenvalue weighted by Gasteiger charge is -2.06. The van der Waals surface area contributed by atoms with E-state index in [2.05, 4.69) is 45.5 Å². The third kappa shape index (κ3) is 1.59. The summed E-state index contributed by atoms with van der Waals surface area (Å²) in [5.74, 6) is 0. The minimum absolute atomic E-state index is 1.02. The topological polar surface area (TPSA) is 41.6 Å². The average Bonchev–Trinajstić information content (AvgIpc) is 2.94. The van der Waals surface area contributed by atoms with Gasteiger partial charge in [0.05, 0.1) is 17.2 Å². The van der Waals surface area contributed by atoms with E-state index in [0.717, 1.165) is 16.4 Å². The first-order chi connectivity index (χ1) is 9.42. The van der Waals surface area contributed by atoms with Gasteiger partial charge in [0.25, 0.3) is 0 Å². The Kier molecular flexibility index (Phi) is 2.12. The van der Waals surface area contributed by atoms with Gasteiger partial charge < -0.3 is 0 Å². The minimum atomic E-state index is 1.02. The maximum atomic E-state index is 4.40. The quantitative estimate of drug-likeness (QED) is 0.554. The Balaban J connectivity index is 2.03. The van der Waals surface area contributed by atoms with Crippen LogP contribution in [0.1, 0.15) is 0 Å². The van der Waals surface area contributed by atoms with Gasteiger partial charge in [-0.2, -0.15) is 5.10 Å². The van der Waals surface area contributed by atoms with Crippen LogP contribution in [0.5, 0.6) is 0 Å². The lowest BCUT2D eigenvalue weighted by atomic mass is 10.0. The predicted octanol–water partition coefficient (Wildman–Crippen LogP) is 3.78. The van der Waals surface area contributed by atoms with Gasteiger partial charge in [0.2, 0.25) is 0 Å². The van der Waals surface area contributed by atoms with Gasteiger partial charge in [-0.15, -0.1) is 0 Å². The predicted molar refractivity (Wildman–Crippen MR) is 76.8 cm³/mol. The van der Waals surface area contributed by atoms with Crippen molar-refractivity contribution in [3.63, 3.8) is 0 Å². The summed E-state index contributed by atoms with van der Waals surface area (Å²) >= 11 is 0. The summed E-state index contributed by atoms with van der Waals surface area (Å²) in [5.41, 5.74) is 4.47. The summed E-state index contributed by atoms with van der Waals surface area (Å²) in [5, 5.41) is 9.33. The van der Waals surface area contributed by atoms with Crippen molar-refractivity contribution in [1.82, 2.24) is 15.2 Å². The molecule has 0 radical (unpaired) electrons. The van der Waals surface area contributed by atoms with E-state index < -0.39 is 0 Å². The van der Waals surface area contributed by atoms with E-state index in [-0.39, 0.29) is 0 Å². The molecule has 4 rings (SSSR count). The molecule has 3 heteroatoms. The average molecular weight is 245 g/mol. The van der Waals surface area contributed by atoms with Gasteiger partial charge in [-0.3, -0.25) is 10.1 Å². The van der Waals surface area contributed by atoms with Crippen molar-refractivity contribution in [2.75, 3.05) is 0 Å². The van der Waals surface area contributed by atoms with Crippen LogP contribution in [0.3, 0.4) is 0 Å². The molecule has 2 heterocycles. The van der Waals surface area contributed by atoms with Crippen molar-refractivity contribution in [1.29, 1.82) is 0 Å². The monoisotopic (exact) mass is 245 g/mol. The number of nitrogens with zero attached hydrogens (tertiary/aromatic N) is 2. The molecule has 90 valence electrons. The van der Waals surface area contributed by atoms with E-state index in [0.29, 0.717) is 0 Å². The van der Waals surface area contributed by atoms with Crippen LogP contribution in [0, 0.1) is 0 Å². The number of hydrogen-bond donors (Lipinski definition) is 1. The third-order valence-electron chi connectivity index (χ3n) is 3.40. The first kappa shape index (κ1) is 10.3. The van der Waals surface area contributed by atoms with Gasteiger partial charge in [0.1, 0.15) is 0 Å². The third-order valence-corrected chi connectivity index (χ3v) is 3.40. The van der Waals surface area contributed by atoms with Crippen molar-refractivity contribution in [2.24, 2.45) is 0 Å². The van der Waals surface area contributed by atoms with Crippen LogP contribution in [-0.2, 0) is 0 Å². The number of aromatic nitrogens is 3. The molecule has 19 heavy (non-hydrogen) atoms. The summed E-state index contributed by atoms with van der Waals surface area (Å²) in [6.07, 6.45) is 3.71. The number of para-hydroxylation sites is 1. The zero-order valence-electron chi connectivity index (χ0n) is 10.2. The number of rotatable bonds is 1. The first-order valence-corrected chi connectivity index (χ1v) is 6.19. The van der Waals surface area contributed by atoms with Crippen LogP contribution >= 0.6 is 0 Å². The van der Waals surface area contributed by atoms with Gasteiger partial charge in [-0.05, 0) is 35.4 Å². The minimum Gasteiger partial charge on any atom is -0.278 e. The number of aromatic amines is 1. The molecule has 1 N–H and O–H groups in total. The molecule has 0 saturated heterocycles. The molecular weight excluding hydrogens is 234 g/mol. The number of benzene rings is 2. The van der Waals surface area contributed by atoms with Crippen LogP contribution in [-0.4, -0.2) is 15.2 Å². The lowest BCUT2D eigenvalue weighted by molar-refractivity contribution is 1.12. The molecule has 0 unspecified atom stereocenters. The summed E-state index contributed by atoms with van der Waals surface area (Å²) in [6, 6.07) is 16.6. The number of nitrogens with one attached hydrogen (secondary N) is 1. The molecule has 0 saturated carbocycles. The van der Waals surface area contributed by atoms with Gasteiger partial charge >= 0.3 is 0 Å². The fourth-order valence-corrected chi connectivity index (χ4v) is 2.46. The summed E-state index contributed by atoms with van der Waals surface area (Å²) in [4.78, 5) is 4.40. The molecule has 0 spiro atoms. The molecule has 0 bridgehead atoms. The Morgan fingerprint density at radius 2 is 1.89 bits per heavy atom. The van der Waals surface area contributed by atoms with E-state index in [4.69, 9.17) is 0 Å². The first-order valence-electron chi connectivity index (χ1n) is 6.19. The molecule has 0 aliphatic carbocycles. The van der Waals surface area contributed by atoms with Gasteiger partial charge in [0.15, 0.2) is 0 Å². The second kappa shape index (κ2) is 3.92. The van der Waals surface area contributed by atoms with E-state index >= 15 is 0 Å². The molecule has 0 atom stereocenters. The van der Waals surface area contributed by atoms with E-state index in [1.807, 2.05) is 30.6 Å². The SMILES string of the molecule is c1ccc2c(-c3ccc4[nH]ncc4c3)ccnc2c1. The van der Waals surface area contributed by atoms with Gasteiger partial charge in [0, 0.05) is 17.0 Å². The molecule has 0 aliphatic heterocycles. The summed E-state index contributed by atoms with van der Waals surface area (Å²) in [6.45, 7) is 0. The van der Waals surface area contributed by atoms with Crippen LogP contribution in [0.25, 0.3) is 32.9 Å². The standard InChI is InChI=1S/C16H11N3/c1-2-4-16-14(3-1)13(7-8-17-16)11-5-6-15-12(9-11)10-18-19-15/h1-10H,(H,18,19). The highest BCUT2D eigenvalue weighted by Gasteiger charge is 2.05.